The molecule has 10 nitrogen and oxygen atoms in total. The third kappa shape index (κ3) is 5.46. The predicted octanol–water partition coefficient (Wildman–Crippen LogP) is 4.19. The van der Waals surface area contributed by atoms with Crippen molar-refractivity contribution in [2.75, 3.05) is 39.8 Å². The van der Waals surface area contributed by atoms with Crippen LogP contribution in [0.25, 0.3) is 0 Å². The number of benzene rings is 2. The number of methoxy groups -OCH3 is 1. The van der Waals surface area contributed by atoms with E-state index in [1.807, 2.05) is 24.3 Å². The van der Waals surface area contributed by atoms with Gasteiger partial charge in [0.15, 0.2) is 0 Å². The molecule has 3 heterocycles. The Balaban J connectivity index is 1.30. The highest BCUT2D eigenvalue weighted by Crippen LogP contribution is 2.38. The molecule has 1 fully saturated rings. The Morgan fingerprint density at radius 1 is 1.15 bits per heavy atom. The van der Waals surface area contributed by atoms with E-state index >= 15 is 0 Å². The van der Waals surface area contributed by atoms with E-state index in [9.17, 15) is 23.3 Å². The van der Waals surface area contributed by atoms with E-state index < -0.39 is 26.7 Å². The smallest absolute Gasteiger partial charge is 0.289 e. The first kappa shape index (κ1) is 28.5. The van der Waals surface area contributed by atoms with Gasteiger partial charge in [-0.25, -0.2) is 8.42 Å². The molecule has 0 radical (unpaired) electrons. The van der Waals surface area contributed by atoms with Gasteiger partial charge in [-0.05, 0) is 60.2 Å². The van der Waals surface area contributed by atoms with Gasteiger partial charge in [-0.2, -0.15) is 4.31 Å². The second-order valence-electron chi connectivity index (χ2n) is 9.87. The zero-order chi connectivity index (χ0) is 28.6. The van der Waals surface area contributed by atoms with E-state index in [0.29, 0.717) is 0 Å². The number of halogens is 1. The van der Waals surface area contributed by atoms with Gasteiger partial charge in [-0.15, -0.1) is 11.3 Å². The first-order valence-electron chi connectivity index (χ1n) is 12.8. The van der Waals surface area contributed by atoms with E-state index in [2.05, 4.69) is 16.3 Å². The SMILES string of the molecule is COc1ccc([C@@H]2c3ccsc3CCN2CC(=O)N2CCN(S(=O)(=O)c3ccc(Cl)c([N+](=O)[O-])c3)[C@H](C)C2)cc1. The molecule has 40 heavy (non-hydrogen) atoms. The van der Waals surface area contributed by atoms with E-state index in [-0.39, 0.29) is 48.0 Å². The van der Waals surface area contributed by atoms with Crippen LogP contribution >= 0.6 is 22.9 Å². The van der Waals surface area contributed by atoms with Gasteiger partial charge < -0.3 is 9.64 Å². The van der Waals surface area contributed by atoms with Crippen LogP contribution in [0.5, 0.6) is 5.75 Å². The van der Waals surface area contributed by atoms with Gasteiger partial charge in [-0.1, -0.05) is 23.7 Å². The topological polar surface area (TPSA) is 113 Å². The maximum Gasteiger partial charge on any atom is 0.289 e. The lowest BCUT2D eigenvalue weighted by atomic mass is 9.93. The fourth-order valence-electron chi connectivity index (χ4n) is 5.44. The third-order valence-corrected chi connectivity index (χ3v) is 10.8. The Morgan fingerprint density at radius 3 is 2.58 bits per heavy atom. The Bertz CT molecular complexity index is 1530. The minimum absolute atomic E-state index is 0.0651. The Morgan fingerprint density at radius 2 is 1.90 bits per heavy atom. The number of piperazine rings is 1. The molecule has 0 bridgehead atoms. The van der Waals surface area contributed by atoms with Crippen LogP contribution in [-0.4, -0.2) is 79.2 Å². The van der Waals surface area contributed by atoms with Gasteiger partial charge in [0.05, 0.1) is 29.5 Å². The molecule has 1 amide bonds. The summed E-state index contributed by atoms with van der Waals surface area (Å²) in [4.78, 5) is 29.1. The zero-order valence-corrected chi connectivity index (χ0v) is 24.4. The highest BCUT2D eigenvalue weighted by Gasteiger charge is 2.38. The van der Waals surface area contributed by atoms with Crippen molar-refractivity contribution in [3.8, 4) is 5.75 Å². The van der Waals surface area contributed by atoms with Crippen molar-refractivity contribution in [3.63, 3.8) is 0 Å². The predicted molar refractivity (Wildman–Crippen MR) is 152 cm³/mol. The van der Waals surface area contributed by atoms with Gasteiger partial charge >= 0.3 is 0 Å². The number of carbonyl (C=O) groups is 1. The monoisotopic (exact) mass is 604 g/mol. The van der Waals surface area contributed by atoms with Crippen molar-refractivity contribution < 1.29 is 22.9 Å². The molecule has 0 saturated carbocycles. The van der Waals surface area contributed by atoms with Crippen LogP contribution in [0, 0.1) is 10.1 Å². The summed E-state index contributed by atoms with van der Waals surface area (Å²) in [6.45, 7) is 3.20. The number of amides is 1. The molecular weight excluding hydrogens is 576 g/mol. The number of rotatable bonds is 7. The molecule has 2 aliphatic heterocycles. The van der Waals surface area contributed by atoms with Crippen LogP contribution in [0.4, 0.5) is 5.69 Å². The normalized spacial score (nSPS) is 20.2. The molecule has 5 rings (SSSR count). The van der Waals surface area contributed by atoms with Crippen LogP contribution in [0.1, 0.15) is 29.0 Å². The van der Waals surface area contributed by atoms with Crippen LogP contribution in [0.3, 0.4) is 0 Å². The minimum Gasteiger partial charge on any atom is -0.497 e. The summed E-state index contributed by atoms with van der Waals surface area (Å²) >= 11 is 7.60. The summed E-state index contributed by atoms with van der Waals surface area (Å²) in [6, 6.07) is 12.9. The largest absolute Gasteiger partial charge is 0.497 e. The summed E-state index contributed by atoms with van der Waals surface area (Å²) < 4.78 is 33.3. The Labute approximate surface area is 241 Å². The van der Waals surface area contributed by atoms with E-state index in [1.54, 1.807) is 30.3 Å². The summed E-state index contributed by atoms with van der Waals surface area (Å²) in [7, 11) is -2.40. The minimum atomic E-state index is -4.03. The van der Waals surface area contributed by atoms with E-state index in [4.69, 9.17) is 16.3 Å². The van der Waals surface area contributed by atoms with Crippen LogP contribution in [0.15, 0.2) is 58.8 Å². The summed E-state index contributed by atoms with van der Waals surface area (Å²) in [6.07, 6.45) is 0.864. The molecular formula is C27H29ClN4O6S2. The van der Waals surface area contributed by atoms with E-state index in [1.165, 1.54) is 26.9 Å². The molecule has 0 unspecified atom stereocenters. The zero-order valence-electron chi connectivity index (χ0n) is 22.0. The molecule has 2 aliphatic rings. The number of hydrogen-bond donors (Lipinski definition) is 0. The number of fused-ring (bicyclic) bond motifs is 1. The van der Waals surface area contributed by atoms with Crippen molar-refractivity contribution in [2.24, 2.45) is 0 Å². The lowest BCUT2D eigenvalue weighted by Gasteiger charge is -2.41. The summed E-state index contributed by atoms with van der Waals surface area (Å²) in [5.74, 6) is 0.700. The highest BCUT2D eigenvalue weighted by atomic mass is 35.5. The first-order valence-corrected chi connectivity index (χ1v) is 15.5. The van der Waals surface area contributed by atoms with Gasteiger partial charge in [0.1, 0.15) is 10.8 Å². The van der Waals surface area contributed by atoms with Crippen molar-refractivity contribution in [2.45, 2.75) is 30.3 Å². The number of nitro benzene ring substituents is 1. The fourth-order valence-corrected chi connectivity index (χ4v) is 8.17. The average molecular weight is 605 g/mol. The molecule has 1 saturated heterocycles. The van der Waals surface area contributed by atoms with Crippen molar-refractivity contribution in [3.05, 3.63) is 85.1 Å². The van der Waals surface area contributed by atoms with E-state index in [0.717, 1.165) is 30.3 Å². The van der Waals surface area contributed by atoms with Crippen molar-refractivity contribution >= 4 is 44.6 Å². The second-order valence-corrected chi connectivity index (χ2v) is 13.2. The fraction of sp³-hybridized carbons (Fsp3) is 0.370. The molecule has 0 spiro atoms. The number of carbonyl (C=O) groups excluding carboxylic acids is 1. The third-order valence-electron chi connectivity index (χ3n) is 7.48. The molecule has 0 aliphatic carbocycles. The molecule has 2 atom stereocenters. The lowest BCUT2D eigenvalue weighted by Crippen LogP contribution is -2.57. The van der Waals surface area contributed by atoms with Gasteiger partial charge in [-0.3, -0.25) is 19.8 Å². The quantitative estimate of drug-likeness (QED) is 0.293. The number of sulfonamides is 1. The molecule has 1 aromatic heterocycles. The second kappa shape index (κ2) is 11.5. The number of ether oxygens (including phenoxy) is 1. The maximum atomic E-state index is 13.5. The lowest BCUT2D eigenvalue weighted by molar-refractivity contribution is -0.384. The number of thiophene rings is 1. The number of nitro groups is 1. The van der Waals surface area contributed by atoms with Gasteiger partial charge in [0.2, 0.25) is 15.9 Å². The van der Waals surface area contributed by atoms with Gasteiger partial charge in [0, 0.05) is 43.2 Å². The van der Waals surface area contributed by atoms with Crippen LogP contribution in [0.2, 0.25) is 5.02 Å². The summed E-state index contributed by atoms with van der Waals surface area (Å²) in [5.41, 5.74) is 1.82. The van der Waals surface area contributed by atoms with Gasteiger partial charge in [0.25, 0.3) is 5.69 Å². The maximum absolute atomic E-state index is 13.5. The molecule has 212 valence electrons. The average Bonchev–Trinajstić information content (AvgIpc) is 3.41. The molecule has 0 N–H and O–H groups in total. The summed E-state index contributed by atoms with van der Waals surface area (Å²) in [5, 5.41) is 13.2. The van der Waals surface area contributed by atoms with Crippen molar-refractivity contribution in [1.82, 2.24) is 14.1 Å². The first-order chi connectivity index (χ1) is 19.1. The molecule has 3 aromatic rings. The molecule has 13 heteroatoms. The highest BCUT2D eigenvalue weighted by molar-refractivity contribution is 7.89. The Hall–Kier alpha value is -3.03. The Kier molecular flexibility index (Phi) is 8.16. The van der Waals surface area contributed by atoms with Crippen LogP contribution in [-0.2, 0) is 21.2 Å². The number of nitrogens with zero attached hydrogens (tertiary/aromatic N) is 4. The molecule has 2 aromatic carbocycles. The van der Waals surface area contributed by atoms with Crippen LogP contribution < -0.4 is 4.74 Å². The standard InChI is InChI=1S/C27H29ClN4O6S2/c1-18-16-29(12-13-31(18)40(36,37)21-7-8-23(28)24(15-21)32(34)35)26(33)17-30-11-9-25-22(10-14-39-25)27(30)19-3-5-20(38-2)6-4-19/h3-8,10,14-15,18,27H,9,11-13,16-17H2,1-2H3/t18-,27-/m1/s1. The number of hydrogen-bond acceptors (Lipinski definition) is 8. The van der Waals surface area contributed by atoms with Crippen molar-refractivity contribution in [1.29, 1.82) is 0 Å².